The molecule has 2 unspecified atom stereocenters. The second-order valence-corrected chi connectivity index (χ2v) is 6.13. The highest BCUT2D eigenvalue weighted by Crippen LogP contribution is 2.25. The number of aryl methyl sites for hydroxylation is 1. The van der Waals surface area contributed by atoms with E-state index in [1.54, 1.807) is 0 Å². The van der Waals surface area contributed by atoms with Gasteiger partial charge in [-0.15, -0.1) is 0 Å². The van der Waals surface area contributed by atoms with Crippen molar-refractivity contribution in [2.45, 2.75) is 38.8 Å². The summed E-state index contributed by atoms with van der Waals surface area (Å²) < 4.78 is 0. The number of carbonyl (C=O) groups is 1. The molecule has 1 aliphatic heterocycles. The summed E-state index contributed by atoms with van der Waals surface area (Å²) in [6.07, 6.45) is 1.85. The summed E-state index contributed by atoms with van der Waals surface area (Å²) in [7, 11) is 4.09. The molecule has 0 aromatic heterocycles. The van der Waals surface area contributed by atoms with Crippen molar-refractivity contribution in [2.75, 3.05) is 32.5 Å². The van der Waals surface area contributed by atoms with Crippen molar-refractivity contribution < 1.29 is 4.79 Å². The minimum absolute atomic E-state index is 0.0931. The van der Waals surface area contributed by atoms with Crippen LogP contribution in [0.1, 0.15) is 25.8 Å². The molecule has 1 aromatic carbocycles. The van der Waals surface area contributed by atoms with Crippen molar-refractivity contribution in [2.24, 2.45) is 0 Å². The zero-order chi connectivity index (χ0) is 15.4. The summed E-state index contributed by atoms with van der Waals surface area (Å²) in [5.74, 6) is 0.223. The summed E-state index contributed by atoms with van der Waals surface area (Å²) in [5, 5.41) is 3.41. The van der Waals surface area contributed by atoms with E-state index in [0.717, 1.165) is 31.6 Å². The highest BCUT2D eigenvalue weighted by atomic mass is 16.2. The molecule has 0 aliphatic carbocycles. The largest absolute Gasteiger partial charge is 0.373 e. The number of hydrogen-bond donors (Lipinski definition) is 1. The molecule has 0 saturated heterocycles. The fourth-order valence-corrected chi connectivity index (χ4v) is 3.14. The van der Waals surface area contributed by atoms with Crippen LogP contribution in [0, 0.1) is 0 Å². The molecule has 4 nitrogen and oxygen atoms in total. The van der Waals surface area contributed by atoms with Crippen molar-refractivity contribution in [3.05, 3.63) is 29.8 Å². The summed E-state index contributed by atoms with van der Waals surface area (Å²) in [5.41, 5.74) is 2.42. The lowest BCUT2D eigenvalue weighted by Gasteiger charge is -2.35. The first-order valence-electron chi connectivity index (χ1n) is 7.82. The van der Waals surface area contributed by atoms with E-state index in [-0.39, 0.29) is 18.0 Å². The Morgan fingerprint density at radius 2 is 2.10 bits per heavy atom. The Labute approximate surface area is 128 Å². The molecular formula is C17H27N3O. The van der Waals surface area contributed by atoms with Crippen LogP contribution in [0.5, 0.6) is 0 Å². The number of para-hydroxylation sites is 1. The molecule has 21 heavy (non-hydrogen) atoms. The molecule has 0 spiro atoms. The Morgan fingerprint density at radius 1 is 1.38 bits per heavy atom. The summed E-state index contributed by atoms with van der Waals surface area (Å²) in [6.45, 7) is 5.83. The monoisotopic (exact) mass is 289 g/mol. The van der Waals surface area contributed by atoms with E-state index >= 15 is 0 Å². The van der Waals surface area contributed by atoms with Crippen LogP contribution in [0.3, 0.4) is 0 Å². The number of amides is 1. The first-order chi connectivity index (χ1) is 10.0. The third-order valence-electron chi connectivity index (χ3n) is 4.13. The Bertz CT molecular complexity index is 487. The molecule has 1 aromatic rings. The normalized spacial score (nSPS) is 18.8. The van der Waals surface area contributed by atoms with Gasteiger partial charge in [-0.2, -0.15) is 0 Å². The van der Waals surface area contributed by atoms with Crippen LogP contribution in [0.25, 0.3) is 0 Å². The van der Waals surface area contributed by atoms with E-state index < -0.39 is 0 Å². The third-order valence-corrected chi connectivity index (χ3v) is 4.13. The highest BCUT2D eigenvalue weighted by Gasteiger charge is 2.29. The topological polar surface area (TPSA) is 35.6 Å². The summed E-state index contributed by atoms with van der Waals surface area (Å²) in [4.78, 5) is 16.9. The Balaban J connectivity index is 2.06. The lowest BCUT2D eigenvalue weighted by Crippen LogP contribution is -2.50. The van der Waals surface area contributed by atoms with Crippen molar-refractivity contribution in [1.82, 2.24) is 9.80 Å². The van der Waals surface area contributed by atoms with Gasteiger partial charge in [0, 0.05) is 24.8 Å². The molecule has 1 N–H and O–H groups in total. The Hall–Kier alpha value is -1.55. The zero-order valence-electron chi connectivity index (χ0n) is 13.6. The molecule has 2 atom stereocenters. The molecule has 1 amide bonds. The molecule has 0 radical (unpaired) electrons. The number of nitrogens with one attached hydrogen (secondary N) is 1. The minimum Gasteiger partial charge on any atom is -0.373 e. The first kappa shape index (κ1) is 15.8. The molecule has 1 aliphatic rings. The van der Waals surface area contributed by atoms with E-state index in [2.05, 4.69) is 42.3 Å². The number of fused-ring (bicyclic) bond motifs is 1. The smallest absolute Gasteiger partial charge is 0.245 e. The van der Waals surface area contributed by atoms with Crippen LogP contribution < -0.4 is 5.32 Å². The van der Waals surface area contributed by atoms with Crippen LogP contribution in [-0.2, 0) is 11.2 Å². The van der Waals surface area contributed by atoms with Crippen LogP contribution in [-0.4, -0.2) is 55.0 Å². The van der Waals surface area contributed by atoms with Gasteiger partial charge in [0.15, 0.2) is 0 Å². The lowest BCUT2D eigenvalue weighted by molar-refractivity contribution is -0.134. The van der Waals surface area contributed by atoms with Crippen molar-refractivity contribution in [3.63, 3.8) is 0 Å². The average molecular weight is 289 g/mol. The Kier molecular flexibility index (Phi) is 5.23. The van der Waals surface area contributed by atoms with E-state index in [0.29, 0.717) is 0 Å². The third kappa shape index (κ3) is 3.76. The van der Waals surface area contributed by atoms with Gasteiger partial charge in [-0.25, -0.2) is 0 Å². The van der Waals surface area contributed by atoms with Crippen molar-refractivity contribution in [1.29, 1.82) is 0 Å². The summed E-state index contributed by atoms with van der Waals surface area (Å²) >= 11 is 0. The van der Waals surface area contributed by atoms with Gasteiger partial charge in [-0.3, -0.25) is 4.79 Å². The number of anilines is 1. The van der Waals surface area contributed by atoms with Crippen LogP contribution in [0.15, 0.2) is 24.3 Å². The van der Waals surface area contributed by atoms with Crippen LogP contribution >= 0.6 is 0 Å². The van der Waals surface area contributed by atoms with Gasteiger partial charge in [0.2, 0.25) is 5.91 Å². The number of benzene rings is 1. The molecule has 116 valence electrons. The second kappa shape index (κ2) is 6.94. The Morgan fingerprint density at radius 3 is 2.76 bits per heavy atom. The molecule has 0 fully saturated rings. The molecular weight excluding hydrogens is 262 g/mol. The second-order valence-electron chi connectivity index (χ2n) is 6.13. The molecule has 1 heterocycles. The molecule has 2 rings (SSSR count). The fraction of sp³-hybridized carbons (Fsp3) is 0.588. The van der Waals surface area contributed by atoms with E-state index in [1.165, 1.54) is 5.56 Å². The predicted molar refractivity (Wildman–Crippen MR) is 87.6 cm³/mol. The maximum atomic E-state index is 12.8. The SMILES string of the molecule is CCN(C(=O)C1CCc2ccccc2N1)C(C)CN(C)C. The molecule has 0 saturated carbocycles. The van der Waals surface area contributed by atoms with Gasteiger partial charge < -0.3 is 15.1 Å². The van der Waals surface area contributed by atoms with Crippen molar-refractivity contribution >= 4 is 11.6 Å². The van der Waals surface area contributed by atoms with Gasteiger partial charge in [-0.05, 0) is 52.4 Å². The van der Waals surface area contributed by atoms with Gasteiger partial charge in [-0.1, -0.05) is 18.2 Å². The number of carbonyl (C=O) groups excluding carboxylic acids is 1. The van der Waals surface area contributed by atoms with Crippen molar-refractivity contribution in [3.8, 4) is 0 Å². The van der Waals surface area contributed by atoms with Gasteiger partial charge in [0.1, 0.15) is 6.04 Å². The maximum Gasteiger partial charge on any atom is 0.245 e. The quantitative estimate of drug-likeness (QED) is 0.903. The average Bonchev–Trinajstić information content (AvgIpc) is 2.46. The zero-order valence-corrected chi connectivity index (χ0v) is 13.6. The van der Waals surface area contributed by atoms with Crippen LogP contribution in [0.4, 0.5) is 5.69 Å². The number of likely N-dealkylation sites (N-methyl/N-ethyl adjacent to an activating group) is 2. The molecule has 4 heteroatoms. The fourth-order valence-electron chi connectivity index (χ4n) is 3.14. The van der Waals surface area contributed by atoms with E-state index in [9.17, 15) is 4.79 Å². The van der Waals surface area contributed by atoms with E-state index in [4.69, 9.17) is 0 Å². The highest BCUT2D eigenvalue weighted by molar-refractivity contribution is 5.86. The number of nitrogens with zero attached hydrogens (tertiary/aromatic N) is 2. The maximum absolute atomic E-state index is 12.8. The van der Waals surface area contributed by atoms with Gasteiger partial charge in [0.05, 0.1) is 0 Å². The standard InChI is InChI=1S/C17H27N3O/c1-5-20(13(2)12-19(3)4)17(21)16-11-10-14-8-6-7-9-15(14)18-16/h6-9,13,16,18H,5,10-12H2,1-4H3. The summed E-state index contributed by atoms with van der Waals surface area (Å²) in [6, 6.07) is 8.41. The number of hydrogen-bond acceptors (Lipinski definition) is 3. The predicted octanol–water partition coefficient (Wildman–Crippen LogP) is 2.21. The van der Waals surface area contributed by atoms with Gasteiger partial charge >= 0.3 is 0 Å². The first-order valence-corrected chi connectivity index (χ1v) is 7.82. The van der Waals surface area contributed by atoms with Gasteiger partial charge in [0.25, 0.3) is 0 Å². The van der Waals surface area contributed by atoms with E-state index in [1.807, 2.05) is 25.1 Å². The molecule has 0 bridgehead atoms. The lowest BCUT2D eigenvalue weighted by atomic mass is 9.97. The minimum atomic E-state index is -0.0931. The van der Waals surface area contributed by atoms with Crippen LogP contribution in [0.2, 0.25) is 0 Å². The number of rotatable bonds is 5.